The van der Waals surface area contributed by atoms with E-state index in [9.17, 15) is 24.3 Å². The zero-order valence-electron chi connectivity index (χ0n) is 24.6. The maximum absolute atomic E-state index is 15.2. The highest BCUT2D eigenvalue weighted by atomic mass is 35.5. The third-order valence-electron chi connectivity index (χ3n) is 7.18. The Kier molecular flexibility index (Phi) is 9.49. The number of carbonyl (C=O) groups excluding carboxylic acids is 3. The first kappa shape index (κ1) is 31.9. The van der Waals surface area contributed by atoms with Crippen LogP contribution in [-0.4, -0.2) is 86.0 Å². The number of benzene rings is 3. The largest absolute Gasteiger partial charge is 0.478 e. The van der Waals surface area contributed by atoms with E-state index in [0.29, 0.717) is 28.9 Å². The lowest BCUT2D eigenvalue weighted by molar-refractivity contribution is -0.135. The van der Waals surface area contributed by atoms with Gasteiger partial charge in [-0.3, -0.25) is 14.4 Å². The molecule has 3 N–H and O–H groups in total. The van der Waals surface area contributed by atoms with Gasteiger partial charge in [-0.2, -0.15) is 4.68 Å². The van der Waals surface area contributed by atoms with Gasteiger partial charge in [-0.1, -0.05) is 23.7 Å². The van der Waals surface area contributed by atoms with Gasteiger partial charge in [0.15, 0.2) is 5.82 Å². The van der Waals surface area contributed by atoms with E-state index in [2.05, 4.69) is 26.2 Å². The summed E-state index contributed by atoms with van der Waals surface area (Å²) in [5.41, 5.74) is 2.23. The molecule has 5 rings (SSSR count). The number of hydrogen-bond acceptors (Lipinski definition) is 8. The lowest BCUT2D eigenvalue weighted by atomic mass is 9.90. The number of halogens is 2. The first-order valence-corrected chi connectivity index (χ1v) is 14.3. The average Bonchev–Trinajstić information content (AvgIpc) is 3.56. The Morgan fingerprint density at radius 2 is 1.85 bits per heavy atom. The van der Waals surface area contributed by atoms with Gasteiger partial charge < -0.3 is 25.5 Å². The number of amides is 3. The summed E-state index contributed by atoms with van der Waals surface area (Å²) < 4.78 is 16.4. The van der Waals surface area contributed by atoms with Crippen LogP contribution in [0.1, 0.15) is 33.1 Å². The number of carboxylic acid groups (broad SMARTS) is 1. The molecule has 0 aliphatic carbocycles. The number of tetrazole rings is 1. The van der Waals surface area contributed by atoms with Crippen molar-refractivity contribution in [1.29, 1.82) is 0 Å². The number of nitrogens with one attached hydrogen (secondary N) is 2. The Hall–Kier alpha value is -5.47. The van der Waals surface area contributed by atoms with Crippen LogP contribution in [0.25, 0.3) is 11.8 Å². The molecule has 0 saturated carbocycles. The van der Waals surface area contributed by atoms with Crippen molar-refractivity contribution >= 4 is 52.7 Å². The van der Waals surface area contributed by atoms with Gasteiger partial charge in [-0.25, -0.2) is 9.18 Å². The summed E-state index contributed by atoms with van der Waals surface area (Å²) in [5.74, 6) is -3.34. The van der Waals surface area contributed by atoms with Crippen molar-refractivity contribution in [2.45, 2.75) is 12.5 Å². The van der Waals surface area contributed by atoms with Gasteiger partial charge >= 0.3 is 5.97 Å². The molecule has 1 atom stereocenters. The van der Waals surface area contributed by atoms with Crippen molar-refractivity contribution in [2.24, 2.45) is 0 Å². The number of fused-ring (bicyclic) bond motifs is 1. The van der Waals surface area contributed by atoms with Crippen molar-refractivity contribution in [3.63, 3.8) is 0 Å². The first-order valence-electron chi connectivity index (χ1n) is 13.9. The molecule has 236 valence electrons. The fraction of sp³-hybridized carbons (Fsp3) is 0.194. The third-order valence-corrected chi connectivity index (χ3v) is 7.48. The Morgan fingerprint density at radius 1 is 1.09 bits per heavy atom. The monoisotopic (exact) mass is 646 g/mol. The first-order chi connectivity index (χ1) is 22.0. The van der Waals surface area contributed by atoms with Crippen LogP contribution in [0.2, 0.25) is 5.02 Å². The van der Waals surface area contributed by atoms with Crippen LogP contribution in [0.15, 0.2) is 67.0 Å². The molecule has 3 aromatic carbocycles. The number of carboxylic acids is 1. The molecule has 0 saturated heterocycles. The number of nitrogens with zero attached hydrogens (tertiary/aromatic N) is 6. The minimum Gasteiger partial charge on any atom is -0.478 e. The Bertz CT molecular complexity index is 1830. The molecule has 15 heteroatoms. The molecule has 13 nitrogen and oxygen atoms in total. The summed E-state index contributed by atoms with van der Waals surface area (Å²) in [5, 5.41) is 25.6. The molecular formula is C31H28ClFN8O5. The average molecular weight is 647 g/mol. The van der Waals surface area contributed by atoms with Crippen LogP contribution in [0.3, 0.4) is 0 Å². The fourth-order valence-electron chi connectivity index (χ4n) is 5.13. The van der Waals surface area contributed by atoms with Crippen LogP contribution in [0, 0.1) is 5.82 Å². The summed E-state index contributed by atoms with van der Waals surface area (Å²) >= 11 is 6.03. The number of rotatable bonds is 9. The summed E-state index contributed by atoms with van der Waals surface area (Å²) in [7, 11) is 3.53. The molecule has 0 fully saturated rings. The van der Waals surface area contributed by atoms with Crippen LogP contribution in [0.4, 0.5) is 15.8 Å². The number of aromatic nitrogens is 4. The zero-order valence-corrected chi connectivity index (χ0v) is 25.4. The number of anilines is 2. The number of likely N-dealkylation sites (N-methyl/N-ethyl adjacent to an activating group) is 1. The Balaban J connectivity index is 1.50. The zero-order chi connectivity index (χ0) is 33.0. The van der Waals surface area contributed by atoms with Gasteiger partial charge in [0.1, 0.15) is 12.4 Å². The van der Waals surface area contributed by atoms with Crippen molar-refractivity contribution in [1.82, 2.24) is 30.0 Å². The van der Waals surface area contributed by atoms with E-state index in [1.807, 2.05) is 0 Å². The molecule has 0 unspecified atom stereocenters. The standard InChI is InChI=1S/C31H28ClFN8O5/c1-39(2)16-26(42)36-24-5-3-4-21-20(24)14-15-40(29(21)30(44)35-19-8-6-18(7-9-19)31(45)46)27(43)13-10-22-25(41-17-34-37-38-41)12-11-23(32)28(22)33/h3-13,17,29H,14-16H2,1-2H3,(H,35,44)(H,36,42)(H,45,46)/b13-10+/t29-/m1/s1. The minimum absolute atomic E-state index is 0.0374. The van der Waals surface area contributed by atoms with Gasteiger partial charge in [0.2, 0.25) is 11.8 Å². The smallest absolute Gasteiger partial charge is 0.335 e. The van der Waals surface area contributed by atoms with Crippen molar-refractivity contribution in [3.8, 4) is 5.69 Å². The molecule has 3 amide bonds. The lowest BCUT2D eigenvalue weighted by Crippen LogP contribution is -2.45. The maximum atomic E-state index is 15.2. The second-order valence-electron chi connectivity index (χ2n) is 10.6. The third kappa shape index (κ3) is 6.92. The Morgan fingerprint density at radius 3 is 2.52 bits per heavy atom. The van der Waals surface area contributed by atoms with Gasteiger partial charge in [-0.15, -0.1) is 5.10 Å². The normalized spacial score (nSPS) is 14.3. The molecule has 1 aliphatic rings. The highest BCUT2D eigenvalue weighted by molar-refractivity contribution is 6.31. The molecule has 1 aliphatic heterocycles. The van der Waals surface area contributed by atoms with Crippen LogP contribution >= 0.6 is 11.6 Å². The van der Waals surface area contributed by atoms with Crippen LogP contribution in [0.5, 0.6) is 0 Å². The lowest BCUT2D eigenvalue weighted by Gasteiger charge is -2.36. The van der Waals surface area contributed by atoms with E-state index in [4.69, 9.17) is 11.6 Å². The molecule has 0 radical (unpaired) electrons. The highest BCUT2D eigenvalue weighted by Crippen LogP contribution is 2.36. The van der Waals surface area contributed by atoms with Crippen molar-refractivity contribution in [2.75, 3.05) is 37.8 Å². The predicted molar refractivity (Wildman–Crippen MR) is 167 cm³/mol. The molecule has 0 bridgehead atoms. The Labute approximate surface area is 267 Å². The molecule has 1 aromatic heterocycles. The van der Waals surface area contributed by atoms with Crippen molar-refractivity contribution < 1.29 is 28.7 Å². The van der Waals surface area contributed by atoms with E-state index in [-0.39, 0.29) is 40.8 Å². The fourth-order valence-corrected chi connectivity index (χ4v) is 5.29. The summed E-state index contributed by atoms with van der Waals surface area (Å²) in [6.07, 6.45) is 3.96. The van der Waals surface area contributed by atoms with Gasteiger partial charge in [-0.05, 0) is 90.6 Å². The highest BCUT2D eigenvalue weighted by Gasteiger charge is 2.36. The number of aromatic carboxylic acids is 1. The predicted octanol–water partition coefficient (Wildman–Crippen LogP) is 3.43. The molecule has 0 spiro atoms. The molecular weight excluding hydrogens is 619 g/mol. The summed E-state index contributed by atoms with van der Waals surface area (Å²) in [4.78, 5) is 54.6. The second kappa shape index (κ2) is 13.7. The van der Waals surface area contributed by atoms with E-state index in [1.54, 1.807) is 37.2 Å². The summed E-state index contributed by atoms with van der Waals surface area (Å²) in [6.45, 7) is 0.229. The van der Waals surface area contributed by atoms with E-state index in [1.165, 1.54) is 58.4 Å². The van der Waals surface area contributed by atoms with Gasteiger partial charge in [0.25, 0.3) is 5.91 Å². The van der Waals surface area contributed by atoms with E-state index >= 15 is 4.39 Å². The topological polar surface area (TPSA) is 163 Å². The SMILES string of the molecule is CN(C)CC(=O)Nc1cccc2c1CCN(C(=O)/C=C/c1c(-n3cnnn3)ccc(Cl)c1F)[C@H]2C(=O)Nc1ccc(C(=O)O)cc1. The number of hydrogen-bond donors (Lipinski definition) is 3. The number of carbonyl (C=O) groups is 4. The van der Waals surface area contributed by atoms with Crippen molar-refractivity contribution in [3.05, 3.63) is 100 Å². The summed E-state index contributed by atoms with van der Waals surface area (Å²) in [6, 6.07) is 12.4. The molecule has 46 heavy (non-hydrogen) atoms. The maximum Gasteiger partial charge on any atom is 0.335 e. The molecule has 4 aromatic rings. The van der Waals surface area contributed by atoms with Gasteiger partial charge in [0, 0.05) is 29.6 Å². The quantitative estimate of drug-likeness (QED) is 0.231. The van der Waals surface area contributed by atoms with Gasteiger partial charge in [0.05, 0.1) is 22.8 Å². The minimum atomic E-state index is -1.16. The second-order valence-corrected chi connectivity index (χ2v) is 11.0. The van der Waals surface area contributed by atoms with E-state index < -0.39 is 29.6 Å². The van der Waals surface area contributed by atoms with Crippen LogP contribution < -0.4 is 10.6 Å². The molecule has 2 heterocycles. The van der Waals surface area contributed by atoms with E-state index in [0.717, 1.165) is 6.08 Å². The van der Waals surface area contributed by atoms with Crippen LogP contribution in [-0.2, 0) is 20.8 Å².